The zero-order valence-electron chi connectivity index (χ0n) is 9.52. The molecule has 7 heteroatoms. The van der Waals surface area contributed by atoms with Crippen LogP contribution in [0.1, 0.15) is 5.69 Å². The molecule has 1 aliphatic rings. The van der Waals surface area contributed by atoms with E-state index in [0.29, 0.717) is 13.2 Å². The average Bonchev–Trinajstić information content (AvgIpc) is 2.38. The van der Waals surface area contributed by atoms with Gasteiger partial charge in [-0.15, -0.1) is 0 Å². The van der Waals surface area contributed by atoms with Crippen molar-refractivity contribution in [2.24, 2.45) is 0 Å². The number of morpholine rings is 1. The zero-order chi connectivity index (χ0) is 13.2. The highest BCUT2D eigenvalue weighted by Gasteiger charge is 2.33. The van der Waals surface area contributed by atoms with Gasteiger partial charge in [0, 0.05) is 6.54 Å². The maximum atomic E-state index is 12.6. The fraction of sp³-hybridized carbons (Fsp3) is 0.545. The fourth-order valence-corrected chi connectivity index (χ4v) is 1.85. The van der Waals surface area contributed by atoms with Crippen LogP contribution in [0.2, 0.25) is 0 Å². The first-order valence-corrected chi connectivity index (χ1v) is 5.52. The van der Waals surface area contributed by atoms with Gasteiger partial charge in [-0.05, 0) is 12.1 Å². The van der Waals surface area contributed by atoms with E-state index in [4.69, 9.17) is 4.74 Å². The van der Waals surface area contributed by atoms with Crippen molar-refractivity contribution >= 4 is 5.82 Å². The van der Waals surface area contributed by atoms with Crippen LogP contribution >= 0.6 is 0 Å². The third kappa shape index (κ3) is 2.73. The summed E-state index contributed by atoms with van der Waals surface area (Å²) >= 11 is 0. The number of rotatable bonds is 2. The third-order valence-electron chi connectivity index (χ3n) is 2.76. The maximum absolute atomic E-state index is 12.6. The lowest BCUT2D eigenvalue weighted by Crippen LogP contribution is -2.48. The Bertz CT molecular complexity index is 412. The lowest BCUT2D eigenvalue weighted by molar-refractivity contribution is -0.141. The summed E-state index contributed by atoms with van der Waals surface area (Å²) in [4.78, 5) is 5.24. The summed E-state index contributed by atoms with van der Waals surface area (Å²) in [6, 6.07) is 3.39. The number of anilines is 1. The summed E-state index contributed by atoms with van der Waals surface area (Å²) in [7, 11) is 0. The first kappa shape index (κ1) is 13.1. The smallest absolute Gasteiger partial charge is 0.394 e. The second-order valence-corrected chi connectivity index (χ2v) is 3.98. The van der Waals surface area contributed by atoms with E-state index >= 15 is 0 Å². The number of hydrogen-bond acceptors (Lipinski definition) is 4. The highest BCUT2D eigenvalue weighted by Crippen LogP contribution is 2.29. The van der Waals surface area contributed by atoms with E-state index in [1.165, 1.54) is 12.1 Å². The Kier molecular flexibility index (Phi) is 3.72. The third-order valence-corrected chi connectivity index (χ3v) is 2.76. The maximum Gasteiger partial charge on any atom is 0.433 e. The molecule has 100 valence electrons. The van der Waals surface area contributed by atoms with E-state index < -0.39 is 11.9 Å². The van der Waals surface area contributed by atoms with Gasteiger partial charge in [-0.1, -0.05) is 6.07 Å². The van der Waals surface area contributed by atoms with Crippen LogP contribution in [-0.4, -0.2) is 42.5 Å². The van der Waals surface area contributed by atoms with Gasteiger partial charge >= 0.3 is 6.18 Å². The lowest BCUT2D eigenvalue weighted by Gasteiger charge is -2.35. The van der Waals surface area contributed by atoms with Crippen LogP contribution in [0.4, 0.5) is 19.0 Å². The molecule has 1 aromatic heterocycles. The minimum Gasteiger partial charge on any atom is -0.394 e. The number of nitrogens with zero attached hydrogens (tertiary/aromatic N) is 2. The summed E-state index contributed by atoms with van der Waals surface area (Å²) in [5.74, 6) is 0.215. The topological polar surface area (TPSA) is 45.6 Å². The van der Waals surface area contributed by atoms with Crippen LogP contribution < -0.4 is 4.90 Å². The van der Waals surface area contributed by atoms with E-state index in [1.807, 2.05) is 0 Å². The molecule has 0 aromatic carbocycles. The molecule has 4 nitrogen and oxygen atoms in total. The minimum absolute atomic E-state index is 0.183. The van der Waals surface area contributed by atoms with Crippen molar-refractivity contribution in [1.82, 2.24) is 4.98 Å². The average molecular weight is 262 g/mol. The van der Waals surface area contributed by atoms with Crippen LogP contribution in [0.3, 0.4) is 0 Å². The Morgan fingerprint density at radius 3 is 2.89 bits per heavy atom. The molecule has 0 saturated carbocycles. The SMILES string of the molecule is OCC1COCCN1c1cccc(C(F)(F)F)n1. The van der Waals surface area contributed by atoms with Crippen LogP contribution in [0.15, 0.2) is 18.2 Å². The summed E-state index contributed by atoms with van der Waals surface area (Å²) in [5.41, 5.74) is -0.928. The first-order valence-electron chi connectivity index (χ1n) is 5.52. The Morgan fingerprint density at radius 1 is 1.44 bits per heavy atom. The Balaban J connectivity index is 2.27. The van der Waals surface area contributed by atoms with Gasteiger partial charge in [0.05, 0.1) is 25.9 Å². The van der Waals surface area contributed by atoms with E-state index in [2.05, 4.69) is 4.98 Å². The van der Waals surface area contributed by atoms with Crippen LogP contribution in [-0.2, 0) is 10.9 Å². The highest BCUT2D eigenvalue weighted by molar-refractivity contribution is 5.41. The van der Waals surface area contributed by atoms with Crippen molar-refractivity contribution in [3.63, 3.8) is 0 Å². The first-order chi connectivity index (χ1) is 8.52. The summed E-state index contributed by atoms with van der Waals surface area (Å²) in [6.45, 7) is 0.931. The molecule has 0 amide bonds. The Hall–Kier alpha value is -1.34. The minimum atomic E-state index is -4.46. The number of aliphatic hydroxyl groups is 1. The second kappa shape index (κ2) is 5.11. The number of aromatic nitrogens is 1. The van der Waals surface area contributed by atoms with Crippen molar-refractivity contribution in [3.8, 4) is 0 Å². The van der Waals surface area contributed by atoms with Gasteiger partial charge in [0.2, 0.25) is 0 Å². The number of aliphatic hydroxyl groups excluding tert-OH is 1. The van der Waals surface area contributed by atoms with Gasteiger partial charge in [-0.25, -0.2) is 4.98 Å². The van der Waals surface area contributed by atoms with Crippen molar-refractivity contribution in [3.05, 3.63) is 23.9 Å². The molecule has 0 bridgehead atoms. The van der Waals surface area contributed by atoms with Crippen molar-refractivity contribution < 1.29 is 23.0 Å². The monoisotopic (exact) mass is 262 g/mol. The normalized spacial score (nSPS) is 21.1. The fourth-order valence-electron chi connectivity index (χ4n) is 1.85. The van der Waals surface area contributed by atoms with Gasteiger partial charge in [0.25, 0.3) is 0 Å². The van der Waals surface area contributed by atoms with Crippen LogP contribution in [0.25, 0.3) is 0 Å². The zero-order valence-corrected chi connectivity index (χ0v) is 9.52. The van der Waals surface area contributed by atoms with Crippen LogP contribution in [0.5, 0.6) is 0 Å². The highest BCUT2D eigenvalue weighted by atomic mass is 19.4. The molecule has 1 fully saturated rings. The molecule has 2 heterocycles. The lowest BCUT2D eigenvalue weighted by atomic mass is 10.2. The largest absolute Gasteiger partial charge is 0.433 e. The van der Waals surface area contributed by atoms with Gasteiger partial charge in [-0.2, -0.15) is 13.2 Å². The molecule has 18 heavy (non-hydrogen) atoms. The molecule has 1 atom stereocenters. The van der Waals surface area contributed by atoms with Crippen molar-refractivity contribution in [1.29, 1.82) is 0 Å². The van der Waals surface area contributed by atoms with Crippen LogP contribution in [0, 0.1) is 0 Å². The van der Waals surface area contributed by atoms with Crippen molar-refractivity contribution in [2.45, 2.75) is 12.2 Å². The molecular formula is C11H13F3N2O2. The molecule has 1 N–H and O–H groups in total. The van der Waals surface area contributed by atoms with Gasteiger partial charge in [-0.3, -0.25) is 0 Å². The van der Waals surface area contributed by atoms with Gasteiger partial charge in [0.1, 0.15) is 11.5 Å². The molecule has 0 aliphatic carbocycles. The number of hydrogen-bond donors (Lipinski definition) is 1. The molecular weight excluding hydrogens is 249 g/mol. The quantitative estimate of drug-likeness (QED) is 0.872. The van der Waals surface area contributed by atoms with E-state index in [1.54, 1.807) is 4.90 Å². The summed E-state index contributed by atoms with van der Waals surface area (Å²) in [6.07, 6.45) is -4.46. The molecule has 1 saturated heterocycles. The van der Waals surface area contributed by atoms with Crippen molar-refractivity contribution in [2.75, 3.05) is 31.3 Å². The molecule has 0 spiro atoms. The summed E-state index contributed by atoms with van der Waals surface area (Å²) in [5, 5.41) is 9.18. The number of ether oxygens (including phenoxy) is 1. The molecule has 2 rings (SSSR count). The van der Waals surface area contributed by atoms with Gasteiger partial charge in [0.15, 0.2) is 0 Å². The van der Waals surface area contributed by atoms with E-state index in [-0.39, 0.29) is 25.1 Å². The number of pyridine rings is 1. The molecule has 0 radical (unpaired) electrons. The molecule has 1 aromatic rings. The van der Waals surface area contributed by atoms with Gasteiger partial charge < -0.3 is 14.7 Å². The Morgan fingerprint density at radius 2 is 2.22 bits per heavy atom. The predicted octanol–water partition coefficient (Wildman–Crippen LogP) is 1.30. The van der Waals surface area contributed by atoms with E-state index in [9.17, 15) is 18.3 Å². The second-order valence-electron chi connectivity index (χ2n) is 3.98. The molecule has 1 unspecified atom stereocenters. The summed E-state index contributed by atoms with van der Waals surface area (Å²) < 4.78 is 42.8. The molecule has 1 aliphatic heterocycles. The predicted molar refractivity (Wildman–Crippen MR) is 58.3 cm³/mol. The van der Waals surface area contributed by atoms with E-state index in [0.717, 1.165) is 6.07 Å². The Labute approximate surface area is 102 Å². The number of halogens is 3. The standard InChI is InChI=1S/C11H13F3N2O2/c12-11(13,14)9-2-1-3-10(15-9)16-4-5-18-7-8(16)6-17/h1-3,8,17H,4-7H2. The number of alkyl halides is 3.